The molecule has 0 unspecified atom stereocenters. The molecule has 0 radical (unpaired) electrons. The molecule has 28 heavy (non-hydrogen) atoms. The van der Waals surface area contributed by atoms with Crippen molar-refractivity contribution in [2.24, 2.45) is 17.1 Å². The molecule has 1 spiro atoms. The summed E-state index contributed by atoms with van der Waals surface area (Å²) in [6, 6.07) is -1.16. The molecule has 3 aliphatic rings. The van der Waals surface area contributed by atoms with Crippen LogP contribution in [0.25, 0.3) is 0 Å². The molecule has 8 nitrogen and oxygen atoms in total. The zero-order valence-corrected chi connectivity index (χ0v) is 17.1. The number of imide groups is 1. The van der Waals surface area contributed by atoms with Crippen LogP contribution in [0.4, 0.5) is 4.79 Å². The highest BCUT2D eigenvalue weighted by Gasteiger charge is 2.54. The molecule has 2 heterocycles. The Morgan fingerprint density at radius 1 is 1.21 bits per heavy atom. The van der Waals surface area contributed by atoms with Gasteiger partial charge in [-0.3, -0.25) is 19.3 Å². The summed E-state index contributed by atoms with van der Waals surface area (Å²) < 4.78 is 0. The van der Waals surface area contributed by atoms with Gasteiger partial charge >= 0.3 is 6.03 Å². The van der Waals surface area contributed by atoms with Crippen molar-refractivity contribution in [2.45, 2.75) is 77.3 Å². The van der Waals surface area contributed by atoms with E-state index >= 15 is 0 Å². The molecule has 0 bridgehead atoms. The van der Waals surface area contributed by atoms with Crippen LogP contribution in [-0.2, 0) is 14.4 Å². The minimum Gasteiger partial charge on any atom is -0.368 e. The van der Waals surface area contributed by atoms with Crippen LogP contribution < -0.4 is 11.1 Å². The van der Waals surface area contributed by atoms with Crippen molar-refractivity contribution in [3.05, 3.63) is 0 Å². The second kappa shape index (κ2) is 7.37. The molecule has 156 valence electrons. The standard InChI is InChI=1S/C20H32N4O4/c1-4-19(2,3)13-7-9-20(10-8-13)17(27)24(18(28)22-20)12-15(25)23-11-5-6-14(23)16(21)26/h13-14H,4-12H2,1-3H3,(H2,21,26)(H,22,28)/t13?,14-,20?/m0/s1. The maximum Gasteiger partial charge on any atom is 0.325 e. The third kappa shape index (κ3) is 3.49. The van der Waals surface area contributed by atoms with Gasteiger partial charge < -0.3 is 16.0 Å². The fourth-order valence-corrected chi connectivity index (χ4v) is 4.93. The zero-order valence-electron chi connectivity index (χ0n) is 17.1. The monoisotopic (exact) mass is 392 g/mol. The molecular formula is C20H32N4O4. The Hall–Kier alpha value is -2.12. The summed E-state index contributed by atoms with van der Waals surface area (Å²) in [4.78, 5) is 52.1. The number of nitrogens with two attached hydrogens (primary N) is 1. The van der Waals surface area contributed by atoms with E-state index in [2.05, 4.69) is 26.1 Å². The molecule has 1 aliphatic carbocycles. The molecule has 0 aromatic rings. The van der Waals surface area contributed by atoms with E-state index in [1.165, 1.54) is 4.90 Å². The predicted octanol–water partition coefficient (Wildman–Crippen LogP) is 1.38. The highest BCUT2D eigenvalue weighted by atomic mass is 16.2. The average molecular weight is 393 g/mol. The van der Waals surface area contributed by atoms with E-state index in [4.69, 9.17) is 5.73 Å². The Morgan fingerprint density at radius 3 is 2.43 bits per heavy atom. The third-order valence-electron chi connectivity index (χ3n) is 7.30. The lowest BCUT2D eigenvalue weighted by Crippen LogP contribution is -2.52. The Morgan fingerprint density at radius 2 is 1.86 bits per heavy atom. The van der Waals surface area contributed by atoms with Gasteiger partial charge in [0.15, 0.2) is 0 Å². The van der Waals surface area contributed by atoms with Crippen LogP contribution in [0, 0.1) is 11.3 Å². The first-order valence-electron chi connectivity index (χ1n) is 10.3. The third-order valence-corrected chi connectivity index (χ3v) is 7.30. The van der Waals surface area contributed by atoms with Crippen molar-refractivity contribution < 1.29 is 19.2 Å². The van der Waals surface area contributed by atoms with E-state index < -0.39 is 29.4 Å². The fraction of sp³-hybridized carbons (Fsp3) is 0.800. The molecular weight excluding hydrogens is 360 g/mol. The molecule has 2 saturated heterocycles. The number of hydrogen-bond acceptors (Lipinski definition) is 4. The van der Waals surface area contributed by atoms with Crippen LogP contribution in [0.3, 0.4) is 0 Å². The first kappa shape index (κ1) is 20.6. The van der Waals surface area contributed by atoms with Gasteiger partial charge in [0, 0.05) is 6.54 Å². The zero-order chi connectivity index (χ0) is 20.7. The van der Waals surface area contributed by atoms with Gasteiger partial charge in [0.2, 0.25) is 11.8 Å². The molecule has 3 fully saturated rings. The van der Waals surface area contributed by atoms with E-state index in [0.717, 1.165) is 24.2 Å². The molecule has 3 rings (SSSR count). The summed E-state index contributed by atoms with van der Waals surface area (Å²) in [5, 5.41) is 2.86. The lowest BCUT2D eigenvalue weighted by atomic mass is 9.65. The number of amides is 5. The number of primary amides is 1. The Labute approximate surface area is 166 Å². The normalized spacial score (nSPS) is 30.8. The lowest BCUT2D eigenvalue weighted by Gasteiger charge is -2.42. The summed E-state index contributed by atoms with van der Waals surface area (Å²) in [6.45, 7) is 6.77. The molecule has 1 saturated carbocycles. The Bertz CT molecular complexity index is 682. The number of carbonyl (C=O) groups excluding carboxylic acids is 4. The lowest BCUT2D eigenvalue weighted by molar-refractivity contribution is -0.142. The van der Waals surface area contributed by atoms with Gasteiger partial charge in [0.25, 0.3) is 5.91 Å². The fourth-order valence-electron chi connectivity index (χ4n) is 4.93. The molecule has 8 heteroatoms. The maximum absolute atomic E-state index is 13.1. The van der Waals surface area contributed by atoms with Crippen molar-refractivity contribution in [2.75, 3.05) is 13.1 Å². The van der Waals surface area contributed by atoms with E-state index in [1.54, 1.807) is 0 Å². The van der Waals surface area contributed by atoms with Crippen LogP contribution in [0.2, 0.25) is 0 Å². The van der Waals surface area contributed by atoms with Crippen LogP contribution in [0.1, 0.15) is 65.7 Å². The first-order chi connectivity index (χ1) is 13.1. The van der Waals surface area contributed by atoms with Crippen LogP contribution in [-0.4, -0.2) is 58.2 Å². The van der Waals surface area contributed by atoms with E-state index in [9.17, 15) is 19.2 Å². The van der Waals surface area contributed by atoms with E-state index in [0.29, 0.717) is 38.1 Å². The van der Waals surface area contributed by atoms with Gasteiger partial charge in [-0.25, -0.2) is 4.79 Å². The summed E-state index contributed by atoms with van der Waals surface area (Å²) in [5.74, 6) is -0.739. The molecule has 0 aromatic heterocycles. The second-order valence-corrected chi connectivity index (χ2v) is 9.17. The number of nitrogens with zero attached hydrogens (tertiary/aromatic N) is 2. The number of likely N-dealkylation sites (tertiary alicyclic amines) is 1. The van der Waals surface area contributed by atoms with Gasteiger partial charge in [0.05, 0.1) is 0 Å². The van der Waals surface area contributed by atoms with Gasteiger partial charge in [-0.2, -0.15) is 0 Å². The SMILES string of the molecule is CCC(C)(C)C1CCC2(CC1)NC(=O)N(CC(=O)N1CCC[C@H]1C(N)=O)C2=O. The highest BCUT2D eigenvalue weighted by molar-refractivity contribution is 6.09. The van der Waals surface area contributed by atoms with Crippen molar-refractivity contribution in [1.29, 1.82) is 0 Å². The smallest absolute Gasteiger partial charge is 0.325 e. The van der Waals surface area contributed by atoms with Crippen molar-refractivity contribution in [1.82, 2.24) is 15.1 Å². The molecule has 5 amide bonds. The minimum atomic E-state index is -0.883. The molecule has 0 aromatic carbocycles. The van der Waals surface area contributed by atoms with E-state index in [-0.39, 0.29) is 17.9 Å². The number of rotatable bonds is 5. The molecule has 2 aliphatic heterocycles. The number of urea groups is 1. The van der Waals surface area contributed by atoms with Gasteiger partial charge in [0.1, 0.15) is 18.1 Å². The van der Waals surface area contributed by atoms with Gasteiger partial charge in [-0.1, -0.05) is 27.2 Å². The quantitative estimate of drug-likeness (QED) is 0.688. The largest absolute Gasteiger partial charge is 0.368 e. The van der Waals surface area contributed by atoms with Crippen LogP contribution in [0.15, 0.2) is 0 Å². The van der Waals surface area contributed by atoms with Crippen molar-refractivity contribution in [3.63, 3.8) is 0 Å². The van der Waals surface area contributed by atoms with E-state index in [1.807, 2.05) is 0 Å². The van der Waals surface area contributed by atoms with Crippen molar-refractivity contribution >= 4 is 23.8 Å². The highest BCUT2D eigenvalue weighted by Crippen LogP contribution is 2.45. The van der Waals surface area contributed by atoms with Crippen LogP contribution in [0.5, 0.6) is 0 Å². The minimum absolute atomic E-state index is 0.211. The summed E-state index contributed by atoms with van der Waals surface area (Å²) in [5.41, 5.74) is 4.69. The first-order valence-corrected chi connectivity index (χ1v) is 10.3. The maximum atomic E-state index is 13.1. The summed E-state index contributed by atoms with van der Waals surface area (Å²) in [6.07, 6.45) is 5.25. The van der Waals surface area contributed by atoms with Crippen molar-refractivity contribution in [3.8, 4) is 0 Å². The second-order valence-electron chi connectivity index (χ2n) is 9.17. The van der Waals surface area contributed by atoms with Crippen LogP contribution >= 0.6 is 0 Å². The Balaban J connectivity index is 1.66. The van der Waals surface area contributed by atoms with Gasteiger partial charge in [-0.15, -0.1) is 0 Å². The number of hydrogen-bond donors (Lipinski definition) is 2. The summed E-state index contributed by atoms with van der Waals surface area (Å²) in [7, 11) is 0. The number of carbonyl (C=O) groups is 4. The Kier molecular flexibility index (Phi) is 5.42. The molecule has 3 N–H and O–H groups in total. The summed E-state index contributed by atoms with van der Waals surface area (Å²) >= 11 is 0. The van der Waals surface area contributed by atoms with Gasteiger partial charge in [-0.05, 0) is 49.9 Å². The topological polar surface area (TPSA) is 113 Å². The average Bonchev–Trinajstić information content (AvgIpc) is 3.22. The number of nitrogens with one attached hydrogen (secondary N) is 1. The predicted molar refractivity (Wildman–Crippen MR) is 103 cm³/mol. The molecule has 1 atom stereocenters.